The van der Waals surface area contributed by atoms with Crippen molar-refractivity contribution in [3.05, 3.63) is 17.7 Å². The zero-order valence-electron chi connectivity index (χ0n) is 19.1. The first-order chi connectivity index (χ1) is 16.2. The van der Waals surface area contributed by atoms with E-state index >= 15 is 0 Å². The molecule has 1 spiro atoms. The molecule has 2 fully saturated rings. The number of nitrogens with one attached hydrogen (secondary N) is 2. The molecule has 34 heavy (non-hydrogen) atoms. The van der Waals surface area contributed by atoms with Crippen LogP contribution in [-0.2, 0) is 19.1 Å². The van der Waals surface area contributed by atoms with E-state index in [-0.39, 0.29) is 23.8 Å². The number of nitrogens with zero attached hydrogens (tertiary/aromatic N) is 1. The second kappa shape index (κ2) is 9.32. The second-order valence-corrected chi connectivity index (χ2v) is 8.77. The Morgan fingerprint density at radius 3 is 2.50 bits per heavy atom. The van der Waals surface area contributed by atoms with Gasteiger partial charge in [-0.2, -0.15) is 0 Å². The number of Topliss-reactive ketones (excluding diaryl/α,β-unsaturated/α-hetero) is 1. The summed E-state index contributed by atoms with van der Waals surface area (Å²) in [6, 6.07) is 2.29. The van der Waals surface area contributed by atoms with Gasteiger partial charge in [0.1, 0.15) is 12.1 Å². The summed E-state index contributed by atoms with van der Waals surface area (Å²) in [5.74, 6) is -1.02. The van der Waals surface area contributed by atoms with Crippen molar-refractivity contribution in [2.45, 2.75) is 51.5 Å². The first kappa shape index (κ1) is 23.5. The molecule has 3 aliphatic rings. The van der Waals surface area contributed by atoms with Gasteiger partial charge < -0.3 is 24.8 Å². The van der Waals surface area contributed by atoms with Crippen LogP contribution in [-0.4, -0.2) is 60.0 Å². The van der Waals surface area contributed by atoms with Crippen LogP contribution in [0.3, 0.4) is 0 Å². The van der Waals surface area contributed by atoms with Crippen molar-refractivity contribution in [1.82, 2.24) is 10.2 Å². The zero-order valence-corrected chi connectivity index (χ0v) is 19.1. The van der Waals surface area contributed by atoms with Crippen LogP contribution in [0.2, 0.25) is 0 Å². The molecule has 4 amide bonds. The third kappa shape index (κ3) is 4.55. The fourth-order valence-corrected chi connectivity index (χ4v) is 4.58. The van der Waals surface area contributed by atoms with Crippen molar-refractivity contribution >= 4 is 35.3 Å². The van der Waals surface area contributed by atoms with Crippen molar-refractivity contribution in [2.24, 2.45) is 5.92 Å². The number of hydrogen-bond acceptors (Lipinski definition) is 8. The third-order valence-corrected chi connectivity index (χ3v) is 6.60. The highest BCUT2D eigenvalue weighted by molar-refractivity contribution is 6.09. The maximum absolute atomic E-state index is 12.9. The average molecular weight is 473 g/mol. The van der Waals surface area contributed by atoms with E-state index in [1.165, 1.54) is 19.1 Å². The number of benzene rings is 1. The largest absolute Gasteiger partial charge is 0.454 e. The summed E-state index contributed by atoms with van der Waals surface area (Å²) in [5, 5.41) is 5.26. The monoisotopic (exact) mass is 473 g/mol. The second-order valence-electron chi connectivity index (χ2n) is 8.77. The molecule has 4 rings (SSSR count). The SMILES string of the molecule is CCC1CCC2(CC1)NC(=O)N(CC(=O)OCC(=O)Nc1cc3c(cc1C(C)=O)OCO3)C2=O. The van der Waals surface area contributed by atoms with Gasteiger partial charge in [0.05, 0.1) is 5.69 Å². The van der Waals surface area contributed by atoms with Crippen LogP contribution < -0.4 is 20.1 Å². The van der Waals surface area contributed by atoms with Gasteiger partial charge in [-0.3, -0.25) is 24.1 Å². The number of hydrogen-bond donors (Lipinski definition) is 2. The lowest BCUT2D eigenvalue weighted by Crippen LogP contribution is -2.49. The summed E-state index contributed by atoms with van der Waals surface area (Å²) in [5.41, 5.74) is -0.550. The zero-order chi connectivity index (χ0) is 24.5. The highest BCUT2D eigenvalue weighted by Gasteiger charge is 2.52. The summed E-state index contributed by atoms with van der Waals surface area (Å²) < 4.78 is 15.5. The van der Waals surface area contributed by atoms with Crippen LogP contribution in [0.5, 0.6) is 11.5 Å². The first-order valence-corrected chi connectivity index (χ1v) is 11.3. The molecule has 0 atom stereocenters. The van der Waals surface area contributed by atoms with Crippen molar-refractivity contribution in [3.8, 4) is 11.5 Å². The highest BCUT2D eigenvalue weighted by atomic mass is 16.7. The average Bonchev–Trinajstić information content (AvgIpc) is 3.35. The van der Waals surface area contributed by atoms with E-state index in [1.807, 2.05) is 0 Å². The number of fused-ring (bicyclic) bond motifs is 1. The van der Waals surface area contributed by atoms with Gasteiger partial charge in [-0.25, -0.2) is 4.79 Å². The molecule has 1 aromatic rings. The van der Waals surface area contributed by atoms with Crippen LogP contribution in [0.4, 0.5) is 10.5 Å². The molecule has 11 nitrogen and oxygen atoms in total. The molecular weight excluding hydrogens is 446 g/mol. The predicted octanol–water partition coefficient (Wildman–Crippen LogP) is 1.99. The minimum absolute atomic E-state index is 0.00492. The van der Waals surface area contributed by atoms with E-state index < -0.39 is 42.5 Å². The van der Waals surface area contributed by atoms with Crippen LogP contribution in [0.1, 0.15) is 56.3 Å². The maximum Gasteiger partial charge on any atom is 0.326 e. The van der Waals surface area contributed by atoms with Gasteiger partial charge in [0.15, 0.2) is 23.9 Å². The van der Waals surface area contributed by atoms with Crippen LogP contribution >= 0.6 is 0 Å². The number of esters is 1. The minimum atomic E-state index is -0.956. The quantitative estimate of drug-likeness (QED) is 0.348. The third-order valence-electron chi connectivity index (χ3n) is 6.60. The smallest absolute Gasteiger partial charge is 0.326 e. The number of anilines is 1. The van der Waals surface area contributed by atoms with E-state index in [0.717, 1.165) is 24.2 Å². The van der Waals surface area contributed by atoms with E-state index in [9.17, 15) is 24.0 Å². The van der Waals surface area contributed by atoms with Crippen molar-refractivity contribution < 1.29 is 38.2 Å². The number of ether oxygens (including phenoxy) is 3. The number of rotatable bonds is 7. The predicted molar refractivity (Wildman–Crippen MR) is 117 cm³/mol. The lowest BCUT2D eigenvalue weighted by Gasteiger charge is -2.34. The molecular formula is C23H27N3O8. The van der Waals surface area contributed by atoms with Gasteiger partial charge in [-0.05, 0) is 44.6 Å². The number of amides is 4. The summed E-state index contributed by atoms with van der Waals surface area (Å²) in [6.45, 7) is 2.21. The molecule has 182 valence electrons. The Morgan fingerprint density at radius 2 is 1.85 bits per heavy atom. The Hall–Kier alpha value is -3.63. The Labute approximate surface area is 196 Å². The van der Waals surface area contributed by atoms with E-state index in [2.05, 4.69) is 17.6 Å². The van der Waals surface area contributed by atoms with Crippen LogP contribution in [0.15, 0.2) is 12.1 Å². The Balaban J connectivity index is 1.31. The molecule has 2 heterocycles. The first-order valence-electron chi connectivity index (χ1n) is 11.3. The molecule has 11 heteroatoms. The topological polar surface area (TPSA) is 140 Å². The Kier molecular flexibility index (Phi) is 6.45. The lowest BCUT2D eigenvalue weighted by molar-refractivity contribution is -0.150. The van der Waals surface area contributed by atoms with E-state index in [0.29, 0.717) is 30.3 Å². The van der Waals surface area contributed by atoms with Gasteiger partial charge >= 0.3 is 12.0 Å². The summed E-state index contributed by atoms with van der Waals surface area (Å²) in [4.78, 5) is 62.6. The van der Waals surface area contributed by atoms with Gasteiger partial charge in [-0.15, -0.1) is 0 Å². The number of carbonyl (C=O) groups is 5. The summed E-state index contributed by atoms with van der Waals surface area (Å²) in [6.07, 6.45) is 3.78. The summed E-state index contributed by atoms with van der Waals surface area (Å²) >= 11 is 0. The van der Waals surface area contributed by atoms with Gasteiger partial charge in [0, 0.05) is 11.6 Å². The standard InChI is InChI=1S/C23H27N3O8/c1-3-14-4-6-23(7-5-14)21(30)26(22(31)25-23)10-20(29)32-11-19(28)24-16-9-18-17(33-12-34-18)8-15(16)13(2)27/h8-9,14H,3-7,10-12H2,1-2H3,(H,24,28)(H,25,31). The minimum Gasteiger partial charge on any atom is -0.454 e. The molecule has 0 bridgehead atoms. The summed E-state index contributed by atoms with van der Waals surface area (Å²) in [7, 11) is 0. The highest BCUT2D eigenvalue weighted by Crippen LogP contribution is 2.38. The normalized spacial score (nSPS) is 23.1. The molecule has 1 saturated heterocycles. The number of imide groups is 1. The molecule has 0 aromatic heterocycles. The molecule has 0 unspecified atom stereocenters. The molecule has 0 radical (unpaired) electrons. The fourth-order valence-electron chi connectivity index (χ4n) is 4.58. The maximum atomic E-state index is 12.9. The fraction of sp³-hybridized carbons (Fsp3) is 0.522. The number of ketones is 1. The van der Waals surface area contributed by atoms with Gasteiger partial charge in [0.2, 0.25) is 6.79 Å². The van der Waals surface area contributed by atoms with E-state index in [4.69, 9.17) is 14.2 Å². The van der Waals surface area contributed by atoms with Gasteiger partial charge in [-0.1, -0.05) is 13.3 Å². The van der Waals surface area contributed by atoms with Crippen LogP contribution in [0, 0.1) is 5.92 Å². The molecule has 1 aromatic carbocycles. The van der Waals surface area contributed by atoms with Crippen LogP contribution in [0.25, 0.3) is 0 Å². The molecule has 2 N–H and O–H groups in total. The van der Waals surface area contributed by atoms with Crippen molar-refractivity contribution in [1.29, 1.82) is 0 Å². The Morgan fingerprint density at radius 1 is 1.18 bits per heavy atom. The van der Waals surface area contributed by atoms with Crippen molar-refractivity contribution in [3.63, 3.8) is 0 Å². The van der Waals surface area contributed by atoms with Crippen molar-refractivity contribution in [2.75, 3.05) is 25.3 Å². The number of urea groups is 1. The molecule has 2 aliphatic heterocycles. The molecule has 1 aliphatic carbocycles. The lowest BCUT2D eigenvalue weighted by atomic mass is 9.75. The molecule has 1 saturated carbocycles. The van der Waals surface area contributed by atoms with E-state index in [1.54, 1.807) is 0 Å². The number of carbonyl (C=O) groups excluding carboxylic acids is 5. The van der Waals surface area contributed by atoms with Gasteiger partial charge in [0.25, 0.3) is 11.8 Å². The Bertz CT molecular complexity index is 1040.